The second kappa shape index (κ2) is 8.72. The molecular formula is C22H19FN2O. The van der Waals surface area contributed by atoms with Crippen LogP contribution in [0.25, 0.3) is 17.2 Å². The average molecular weight is 346 g/mol. The van der Waals surface area contributed by atoms with E-state index in [0.717, 1.165) is 23.1 Å². The first kappa shape index (κ1) is 17.5. The lowest BCUT2D eigenvalue weighted by atomic mass is 10.0. The molecule has 3 rings (SSSR count). The number of carbonyl (C=O) groups excluding carboxylic acids is 1. The molecule has 2 aromatic carbocycles. The van der Waals surface area contributed by atoms with Gasteiger partial charge in [0.1, 0.15) is 5.82 Å². The molecule has 1 amide bonds. The zero-order chi connectivity index (χ0) is 18.2. The molecule has 130 valence electrons. The Bertz CT molecular complexity index is 907. The number of halogens is 1. The first-order valence-electron chi connectivity index (χ1n) is 8.42. The summed E-state index contributed by atoms with van der Waals surface area (Å²) < 4.78 is 13.5. The first-order valence-corrected chi connectivity index (χ1v) is 8.42. The molecule has 0 atom stereocenters. The fourth-order valence-corrected chi connectivity index (χ4v) is 2.62. The van der Waals surface area contributed by atoms with Gasteiger partial charge in [-0.1, -0.05) is 42.5 Å². The summed E-state index contributed by atoms with van der Waals surface area (Å²) in [6.45, 7) is 0.514. The molecule has 0 aliphatic heterocycles. The lowest BCUT2D eigenvalue weighted by Crippen LogP contribution is -2.23. The molecule has 0 saturated carbocycles. The maximum atomic E-state index is 13.5. The number of benzene rings is 2. The van der Waals surface area contributed by atoms with Crippen molar-refractivity contribution < 1.29 is 9.18 Å². The number of rotatable bonds is 6. The molecule has 0 radical (unpaired) electrons. The molecule has 0 spiro atoms. The van der Waals surface area contributed by atoms with Crippen LogP contribution >= 0.6 is 0 Å². The number of nitrogens with one attached hydrogen (secondary N) is 1. The van der Waals surface area contributed by atoms with Gasteiger partial charge in [0.15, 0.2) is 0 Å². The Kier molecular flexibility index (Phi) is 5.88. The molecule has 0 fully saturated rings. The number of pyridine rings is 1. The van der Waals surface area contributed by atoms with E-state index in [2.05, 4.69) is 22.4 Å². The fourth-order valence-electron chi connectivity index (χ4n) is 2.62. The van der Waals surface area contributed by atoms with Crippen LogP contribution in [0.4, 0.5) is 4.39 Å². The van der Waals surface area contributed by atoms with Gasteiger partial charge in [-0.25, -0.2) is 4.39 Å². The lowest BCUT2D eigenvalue weighted by Gasteiger charge is -2.06. The lowest BCUT2D eigenvalue weighted by molar-refractivity contribution is -0.116. The third kappa shape index (κ3) is 4.86. The minimum atomic E-state index is -0.343. The van der Waals surface area contributed by atoms with Crippen molar-refractivity contribution in [3.8, 4) is 11.1 Å². The van der Waals surface area contributed by atoms with Gasteiger partial charge in [-0.2, -0.15) is 0 Å². The topological polar surface area (TPSA) is 42.0 Å². The normalized spacial score (nSPS) is 10.8. The third-order valence-corrected chi connectivity index (χ3v) is 3.97. The molecule has 3 nitrogen and oxygen atoms in total. The Morgan fingerprint density at radius 3 is 2.62 bits per heavy atom. The first-order chi connectivity index (χ1) is 12.7. The predicted octanol–water partition coefficient (Wildman–Crippen LogP) is 4.26. The highest BCUT2D eigenvalue weighted by Crippen LogP contribution is 2.19. The van der Waals surface area contributed by atoms with E-state index >= 15 is 0 Å². The van der Waals surface area contributed by atoms with E-state index in [4.69, 9.17) is 0 Å². The molecule has 3 aromatic rings. The highest BCUT2D eigenvalue weighted by atomic mass is 19.1. The van der Waals surface area contributed by atoms with Crippen LogP contribution in [-0.4, -0.2) is 17.4 Å². The van der Waals surface area contributed by atoms with Crippen molar-refractivity contribution in [2.45, 2.75) is 6.42 Å². The van der Waals surface area contributed by atoms with E-state index in [1.54, 1.807) is 30.6 Å². The molecule has 1 aromatic heterocycles. The Hall–Kier alpha value is -3.27. The summed E-state index contributed by atoms with van der Waals surface area (Å²) in [7, 11) is 0. The van der Waals surface area contributed by atoms with Crippen LogP contribution in [0.1, 0.15) is 11.1 Å². The van der Waals surface area contributed by atoms with Gasteiger partial charge >= 0.3 is 0 Å². The largest absolute Gasteiger partial charge is 0.352 e. The third-order valence-electron chi connectivity index (χ3n) is 3.97. The average Bonchev–Trinajstić information content (AvgIpc) is 2.68. The van der Waals surface area contributed by atoms with Gasteiger partial charge in [-0.3, -0.25) is 9.78 Å². The minimum Gasteiger partial charge on any atom is -0.352 e. The Balaban J connectivity index is 1.53. The summed E-state index contributed by atoms with van der Waals surface area (Å²) in [6, 6.07) is 18.5. The Labute approximate surface area is 152 Å². The van der Waals surface area contributed by atoms with Gasteiger partial charge in [0.05, 0.1) is 0 Å². The number of amides is 1. The van der Waals surface area contributed by atoms with Gasteiger partial charge in [0.2, 0.25) is 5.91 Å². The van der Waals surface area contributed by atoms with Crippen LogP contribution in [0.5, 0.6) is 0 Å². The molecule has 0 saturated heterocycles. The maximum Gasteiger partial charge on any atom is 0.244 e. The monoisotopic (exact) mass is 346 g/mol. The summed E-state index contributed by atoms with van der Waals surface area (Å²) in [5.74, 6) is -0.581. The smallest absolute Gasteiger partial charge is 0.244 e. The zero-order valence-corrected chi connectivity index (χ0v) is 14.2. The molecular weight excluding hydrogens is 327 g/mol. The van der Waals surface area contributed by atoms with Crippen molar-refractivity contribution in [2.24, 2.45) is 0 Å². The number of nitrogens with zero attached hydrogens (tertiary/aromatic N) is 1. The molecule has 0 unspecified atom stereocenters. The van der Waals surface area contributed by atoms with Crippen LogP contribution in [0, 0.1) is 5.82 Å². The van der Waals surface area contributed by atoms with Crippen LogP contribution in [0.3, 0.4) is 0 Å². The van der Waals surface area contributed by atoms with Crippen molar-refractivity contribution in [1.29, 1.82) is 0 Å². The van der Waals surface area contributed by atoms with Gasteiger partial charge in [0.25, 0.3) is 0 Å². The summed E-state index contributed by atoms with van der Waals surface area (Å²) >= 11 is 0. The van der Waals surface area contributed by atoms with E-state index in [1.165, 1.54) is 18.2 Å². The van der Waals surface area contributed by atoms with Crippen LogP contribution in [0.15, 0.2) is 79.1 Å². The molecule has 0 aliphatic rings. The van der Waals surface area contributed by atoms with Crippen LogP contribution in [0.2, 0.25) is 0 Å². The van der Waals surface area contributed by atoms with Crippen LogP contribution < -0.4 is 5.32 Å². The molecule has 0 aliphatic carbocycles. The Morgan fingerprint density at radius 2 is 1.81 bits per heavy atom. The van der Waals surface area contributed by atoms with Crippen molar-refractivity contribution in [2.75, 3.05) is 6.54 Å². The van der Waals surface area contributed by atoms with Gasteiger partial charge in [-0.05, 0) is 47.4 Å². The summed E-state index contributed by atoms with van der Waals surface area (Å²) in [5.41, 5.74) is 3.76. The standard InChI is InChI=1S/C22H19FN2O/c23-21-7-2-1-5-19(21)8-9-22(26)25-15-10-17-4-3-6-20(16-17)18-11-13-24-14-12-18/h1-9,11-14,16H,10,15H2,(H,25,26). The second-order valence-corrected chi connectivity index (χ2v) is 5.83. The summed E-state index contributed by atoms with van der Waals surface area (Å²) in [4.78, 5) is 15.9. The highest BCUT2D eigenvalue weighted by Gasteiger charge is 2.01. The van der Waals surface area contributed by atoms with Crippen molar-refractivity contribution in [3.05, 3.63) is 96.1 Å². The molecule has 0 bridgehead atoms. The quantitative estimate of drug-likeness (QED) is 0.678. The molecule has 1 heterocycles. The Morgan fingerprint density at radius 1 is 1.00 bits per heavy atom. The van der Waals surface area contributed by atoms with Crippen molar-refractivity contribution >= 4 is 12.0 Å². The predicted molar refractivity (Wildman–Crippen MR) is 102 cm³/mol. The zero-order valence-electron chi connectivity index (χ0n) is 14.2. The number of aromatic nitrogens is 1. The molecule has 26 heavy (non-hydrogen) atoms. The van der Waals surface area contributed by atoms with E-state index < -0.39 is 0 Å². The minimum absolute atomic E-state index is 0.237. The van der Waals surface area contributed by atoms with E-state index in [9.17, 15) is 9.18 Å². The summed E-state index contributed by atoms with van der Waals surface area (Å²) in [6.07, 6.45) is 7.09. The molecule has 4 heteroatoms. The number of carbonyl (C=O) groups is 1. The van der Waals surface area contributed by atoms with Crippen molar-refractivity contribution in [3.63, 3.8) is 0 Å². The second-order valence-electron chi connectivity index (χ2n) is 5.83. The van der Waals surface area contributed by atoms with Gasteiger partial charge in [-0.15, -0.1) is 0 Å². The van der Waals surface area contributed by atoms with Gasteiger partial charge in [0, 0.05) is 30.6 Å². The van der Waals surface area contributed by atoms with Gasteiger partial charge < -0.3 is 5.32 Å². The van der Waals surface area contributed by atoms with E-state index in [0.29, 0.717) is 12.1 Å². The number of hydrogen-bond donors (Lipinski definition) is 1. The van der Waals surface area contributed by atoms with Crippen LogP contribution in [-0.2, 0) is 11.2 Å². The summed E-state index contributed by atoms with van der Waals surface area (Å²) in [5, 5.41) is 2.82. The van der Waals surface area contributed by atoms with E-state index in [-0.39, 0.29) is 11.7 Å². The van der Waals surface area contributed by atoms with E-state index in [1.807, 2.05) is 24.3 Å². The maximum absolute atomic E-state index is 13.5. The SMILES string of the molecule is O=C(C=Cc1ccccc1F)NCCc1cccc(-c2ccncc2)c1. The number of hydrogen-bond acceptors (Lipinski definition) is 2. The fraction of sp³-hybridized carbons (Fsp3) is 0.0909. The van der Waals surface area contributed by atoms with Crippen molar-refractivity contribution in [1.82, 2.24) is 10.3 Å². The highest BCUT2D eigenvalue weighted by molar-refractivity contribution is 5.91. The molecule has 1 N–H and O–H groups in total.